The summed E-state index contributed by atoms with van der Waals surface area (Å²) in [5.41, 5.74) is 5.90. The molecule has 1 aliphatic rings. The molecule has 0 unspecified atom stereocenters. The number of aliphatic hydroxyl groups is 1. The maximum atomic E-state index is 11.7. The van der Waals surface area contributed by atoms with Gasteiger partial charge < -0.3 is 20.1 Å². The Labute approximate surface area is 179 Å². The molecule has 5 rings (SSSR count). The molecular formula is C24H23N5O2. The van der Waals surface area contributed by atoms with Gasteiger partial charge in [-0.3, -0.25) is 4.79 Å². The van der Waals surface area contributed by atoms with Gasteiger partial charge in [0.2, 0.25) is 5.91 Å². The van der Waals surface area contributed by atoms with Gasteiger partial charge in [0.25, 0.3) is 0 Å². The van der Waals surface area contributed by atoms with Gasteiger partial charge in [-0.05, 0) is 29.3 Å². The quantitative estimate of drug-likeness (QED) is 0.462. The predicted octanol–water partition coefficient (Wildman–Crippen LogP) is 3.90. The molecule has 0 spiro atoms. The molecule has 0 fully saturated rings. The second kappa shape index (κ2) is 7.21. The first-order valence-corrected chi connectivity index (χ1v) is 10.2. The molecule has 1 aliphatic heterocycles. The van der Waals surface area contributed by atoms with Gasteiger partial charge in [-0.15, -0.1) is 0 Å². The zero-order valence-electron chi connectivity index (χ0n) is 17.4. The van der Waals surface area contributed by atoms with Crippen molar-refractivity contribution in [2.24, 2.45) is 0 Å². The maximum Gasteiger partial charge on any atom is 0.228 e. The summed E-state index contributed by atoms with van der Waals surface area (Å²) in [4.78, 5) is 20.9. The molecule has 3 N–H and O–H groups in total. The number of anilines is 3. The van der Waals surface area contributed by atoms with Gasteiger partial charge in [0.05, 0.1) is 18.7 Å². The first-order chi connectivity index (χ1) is 14.9. The monoisotopic (exact) mass is 413 g/mol. The number of benzene rings is 2. The van der Waals surface area contributed by atoms with Crippen LogP contribution in [0.5, 0.6) is 0 Å². The van der Waals surface area contributed by atoms with E-state index in [0.29, 0.717) is 12.2 Å². The van der Waals surface area contributed by atoms with Crippen LogP contribution in [0.1, 0.15) is 25.0 Å². The van der Waals surface area contributed by atoms with Crippen molar-refractivity contribution in [1.29, 1.82) is 0 Å². The van der Waals surface area contributed by atoms with E-state index in [1.165, 1.54) is 0 Å². The molecule has 156 valence electrons. The predicted molar refractivity (Wildman–Crippen MR) is 121 cm³/mol. The number of carbonyl (C=O) groups excluding carboxylic acids is 1. The van der Waals surface area contributed by atoms with E-state index < -0.39 is 0 Å². The number of hydrogen-bond donors (Lipinski definition) is 3. The van der Waals surface area contributed by atoms with Gasteiger partial charge in [-0.1, -0.05) is 38.1 Å². The number of carbonyl (C=O) groups is 1. The van der Waals surface area contributed by atoms with Gasteiger partial charge in [0.1, 0.15) is 0 Å². The SMILES string of the molecule is CC(C)(CO)c1ccc(Nc2nc(-c3ccc4c(c3)NC(=O)C4)cn3ccnc23)cc1. The highest BCUT2D eigenvalue weighted by molar-refractivity contribution is 5.99. The molecule has 0 bridgehead atoms. The summed E-state index contributed by atoms with van der Waals surface area (Å²) in [6, 6.07) is 13.9. The fourth-order valence-corrected chi connectivity index (χ4v) is 3.76. The minimum absolute atomic E-state index is 0.0142. The summed E-state index contributed by atoms with van der Waals surface area (Å²) in [6.07, 6.45) is 5.97. The lowest BCUT2D eigenvalue weighted by Crippen LogP contribution is -2.21. The standard InChI is InChI=1S/C24H23N5O2/c1-24(2,14-30)17-5-7-18(8-6-17)26-22-23-25-9-10-29(23)13-20(28-22)15-3-4-16-12-21(31)27-19(16)11-15/h3-11,13,30H,12,14H2,1-2H3,(H,26,28)(H,27,31). The molecule has 2 aromatic heterocycles. The van der Waals surface area contributed by atoms with Crippen LogP contribution >= 0.6 is 0 Å². The van der Waals surface area contributed by atoms with E-state index >= 15 is 0 Å². The van der Waals surface area contributed by atoms with Crippen LogP contribution in [0.15, 0.2) is 61.1 Å². The summed E-state index contributed by atoms with van der Waals surface area (Å²) in [6.45, 7) is 4.10. The first kappa shape index (κ1) is 19.3. The molecule has 3 heterocycles. The highest BCUT2D eigenvalue weighted by Gasteiger charge is 2.20. The lowest BCUT2D eigenvalue weighted by Gasteiger charge is -2.22. The van der Waals surface area contributed by atoms with Crippen LogP contribution < -0.4 is 10.6 Å². The van der Waals surface area contributed by atoms with Crippen LogP contribution in [-0.2, 0) is 16.6 Å². The Balaban J connectivity index is 1.51. The van der Waals surface area contributed by atoms with Crippen LogP contribution in [0.4, 0.5) is 17.2 Å². The van der Waals surface area contributed by atoms with E-state index in [2.05, 4.69) is 15.6 Å². The third kappa shape index (κ3) is 3.53. The number of hydrogen-bond acceptors (Lipinski definition) is 5. The third-order valence-corrected chi connectivity index (χ3v) is 5.73. The number of aromatic nitrogens is 3. The van der Waals surface area contributed by atoms with Gasteiger partial charge >= 0.3 is 0 Å². The van der Waals surface area contributed by atoms with Crippen molar-refractivity contribution in [3.63, 3.8) is 0 Å². The number of fused-ring (bicyclic) bond motifs is 2. The molecule has 4 aromatic rings. The topological polar surface area (TPSA) is 91.5 Å². The van der Waals surface area contributed by atoms with Crippen LogP contribution in [-0.4, -0.2) is 32.0 Å². The molecular weight excluding hydrogens is 390 g/mol. The summed E-state index contributed by atoms with van der Waals surface area (Å²) >= 11 is 0. The van der Waals surface area contributed by atoms with Crippen LogP contribution in [0.2, 0.25) is 0 Å². The molecule has 0 aliphatic carbocycles. The summed E-state index contributed by atoms with van der Waals surface area (Å²) in [7, 11) is 0. The van der Waals surface area contributed by atoms with Gasteiger partial charge in [-0.2, -0.15) is 0 Å². The molecule has 31 heavy (non-hydrogen) atoms. The summed E-state index contributed by atoms with van der Waals surface area (Å²) in [5.74, 6) is 0.654. The minimum Gasteiger partial charge on any atom is -0.395 e. The molecule has 0 atom stereocenters. The van der Waals surface area contributed by atoms with E-state index in [0.717, 1.165) is 39.4 Å². The summed E-state index contributed by atoms with van der Waals surface area (Å²) in [5, 5.41) is 15.9. The number of aliphatic hydroxyl groups excluding tert-OH is 1. The smallest absolute Gasteiger partial charge is 0.228 e. The van der Waals surface area contributed by atoms with Gasteiger partial charge in [-0.25, -0.2) is 9.97 Å². The van der Waals surface area contributed by atoms with Crippen molar-refractivity contribution in [3.05, 3.63) is 72.2 Å². The number of rotatable bonds is 5. The van der Waals surface area contributed by atoms with Crippen molar-refractivity contribution in [1.82, 2.24) is 14.4 Å². The average Bonchev–Trinajstić information content (AvgIpc) is 3.39. The van der Waals surface area contributed by atoms with Crippen LogP contribution in [0.25, 0.3) is 16.9 Å². The molecule has 0 saturated heterocycles. The normalized spacial score (nSPS) is 13.3. The Kier molecular flexibility index (Phi) is 4.48. The molecule has 0 saturated carbocycles. The van der Waals surface area contributed by atoms with Crippen molar-refractivity contribution in [2.45, 2.75) is 25.7 Å². The average molecular weight is 413 g/mol. The molecule has 7 heteroatoms. The number of imidazole rings is 1. The van der Waals surface area contributed by atoms with E-state index in [1.54, 1.807) is 6.20 Å². The molecule has 7 nitrogen and oxygen atoms in total. The van der Waals surface area contributed by atoms with E-state index in [4.69, 9.17) is 4.98 Å². The van der Waals surface area contributed by atoms with Gasteiger partial charge in [0, 0.05) is 40.9 Å². The summed E-state index contributed by atoms with van der Waals surface area (Å²) < 4.78 is 1.93. The Morgan fingerprint density at radius 2 is 2.00 bits per heavy atom. The Morgan fingerprint density at radius 3 is 2.77 bits per heavy atom. The van der Waals surface area contributed by atoms with E-state index in [1.807, 2.05) is 73.1 Å². The second-order valence-corrected chi connectivity index (χ2v) is 8.47. The fraction of sp³-hybridized carbons (Fsp3) is 0.208. The number of nitrogens with one attached hydrogen (secondary N) is 2. The number of nitrogens with zero attached hydrogens (tertiary/aromatic N) is 3. The lowest BCUT2D eigenvalue weighted by molar-refractivity contribution is -0.115. The van der Waals surface area contributed by atoms with E-state index in [9.17, 15) is 9.90 Å². The largest absolute Gasteiger partial charge is 0.395 e. The Hall–Kier alpha value is -3.71. The van der Waals surface area contributed by atoms with Crippen molar-refractivity contribution < 1.29 is 9.90 Å². The lowest BCUT2D eigenvalue weighted by atomic mass is 9.85. The molecule has 2 aromatic carbocycles. The second-order valence-electron chi connectivity index (χ2n) is 8.47. The maximum absolute atomic E-state index is 11.7. The fourth-order valence-electron chi connectivity index (χ4n) is 3.76. The van der Waals surface area contributed by atoms with Crippen molar-refractivity contribution >= 4 is 28.7 Å². The number of amides is 1. The van der Waals surface area contributed by atoms with Crippen molar-refractivity contribution in [2.75, 3.05) is 17.2 Å². The van der Waals surface area contributed by atoms with Gasteiger partial charge in [0.15, 0.2) is 11.5 Å². The molecule has 1 amide bonds. The Morgan fingerprint density at radius 1 is 1.19 bits per heavy atom. The molecule has 0 radical (unpaired) electrons. The van der Waals surface area contributed by atoms with Crippen molar-refractivity contribution in [3.8, 4) is 11.3 Å². The third-order valence-electron chi connectivity index (χ3n) is 5.73. The van der Waals surface area contributed by atoms with E-state index in [-0.39, 0.29) is 17.9 Å². The first-order valence-electron chi connectivity index (χ1n) is 10.2. The zero-order chi connectivity index (χ0) is 21.6. The van der Waals surface area contributed by atoms with Crippen LogP contribution in [0.3, 0.4) is 0 Å². The zero-order valence-corrected chi connectivity index (χ0v) is 17.4. The highest BCUT2D eigenvalue weighted by Crippen LogP contribution is 2.31. The minimum atomic E-state index is -0.296. The highest BCUT2D eigenvalue weighted by atomic mass is 16.3. The van der Waals surface area contributed by atoms with Crippen LogP contribution in [0, 0.1) is 0 Å². The Bertz CT molecular complexity index is 1290.